The first-order valence-corrected chi connectivity index (χ1v) is 8.34. The van der Waals surface area contributed by atoms with Crippen molar-refractivity contribution in [3.05, 3.63) is 29.3 Å². The number of thioether (sulfide) groups is 1. The van der Waals surface area contributed by atoms with Gasteiger partial charge in [0.2, 0.25) is 5.91 Å². The molecule has 0 saturated carbocycles. The molecule has 1 atom stereocenters. The Bertz CT molecular complexity index is 592. The van der Waals surface area contributed by atoms with E-state index in [0.717, 1.165) is 19.3 Å². The molecule has 1 heterocycles. The highest BCUT2D eigenvalue weighted by Crippen LogP contribution is 2.29. The summed E-state index contributed by atoms with van der Waals surface area (Å²) in [5.74, 6) is -0.823. The van der Waals surface area contributed by atoms with Crippen molar-refractivity contribution in [2.24, 2.45) is 4.99 Å². The second-order valence-electron chi connectivity index (χ2n) is 4.96. The molecule has 22 heavy (non-hydrogen) atoms. The first-order chi connectivity index (χ1) is 10.6. The Morgan fingerprint density at radius 1 is 1.32 bits per heavy atom. The Kier molecular flexibility index (Phi) is 6.27. The summed E-state index contributed by atoms with van der Waals surface area (Å²) in [6, 6.07) is 7.21. The number of hydrogen-bond acceptors (Lipinski definition) is 4. The predicted molar refractivity (Wildman–Crippen MR) is 88.8 cm³/mol. The fourth-order valence-corrected chi connectivity index (χ4v) is 3.29. The van der Waals surface area contributed by atoms with Gasteiger partial charge in [-0.15, -0.1) is 0 Å². The van der Waals surface area contributed by atoms with Crippen molar-refractivity contribution < 1.29 is 14.7 Å². The summed E-state index contributed by atoms with van der Waals surface area (Å²) in [6.07, 6.45) is 3.20. The molecule has 1 aliphatic rings. The smallest absolute Gasteiger partial charge is 0.303 e. The second-order valence-corrected chi connectivity index (χ2v) is 6.56. The molecule has 1 fully saturated rings. The van der Waals surface area contributed by atoms with E-state index >= 15 is 0 Å². The molecular weight excluding hydrogens is 324 g/mol. The van der Waals surface area contributed by atoms with Crippen molar-refractivity contribution >= 4 is 46.1 Å². The highest BCUT2D eigenvalue weighted by molar-refractivity contribution is 8.15. The van der Waals surface area contributed by atoms with Gasteiger partial charge in [-0.3, -0.25) is 9.59 Å². The van der Waals surface area contributed by atoms with Crippen molar-refractivity contribution in [1.29, 1.82) is 0 Å². The minimum Gasteiger partial charge on any atom is -0.481 e. The van der Waals surface area contributed by atoms with Gasteiger partial charge in [-0.1, -0.05) is 48.3 Å². The molecule has 118 valence electrons. The molecule has 0 aliphatic carbocycles. The molecule has 1 aromatic carbocycles. The van der Waals surface area contributed by atoms with Crippen LogP contribution in [0.25, 0.3) is 0 Å². The number of rotatable bonds is 7. The van der Waals surface area contributed by atoms with Gasteiger partial charge in [0, 0.05) is 6.42 Å². The molecule has 2 rings (SSSR count). The number of nitrogens with zero attached hydrogens (tertiary/aromatic N) is 1. The monoisotopic (exact) mass is 340 g/mol. The van der Waals surface area contributed by atoms with E-state index in [1.165, 1.54) is 11.8 Å². The number of halogens is 1. The second kappa shape index (κ2) is 8.19. The summed E-state index contributed by atoms with van der Waals surface area (Å²) in [7, 11) is 0. The van der Waals surface area contributed by atoms with E-state index in [2.05, 4.69) is 10.3 Å². The van der Waals surface area contributed by atoms with Gasteiger partial charge in [0.05, 0.1) is 16.0 Å². The Morgan fingerprint density at radius 3 is 2.82 bits per heavy atom. The number of aliphatic carboxylic acids is 1. The molecule has 0 bridgehead atoms. The molecule has 1 aromatic rings. The van der Waals surface area contributed by atoms with E-state index < -0.39 is 5.97 Å². The number of unbranched alkanes of at least 4 members (excludes halogenated alkanes) is 2. The Labute approximate surface area is 138 Å². The van der Waals surface area contributed by atoms with Crippen LogP contribution >= 0.6 is 23.4 Å². The van der Waals surface area contributed by atoms with E-state index in [1.807, 2.05) is 12.1 Å². The van der Waals surface area contributed by atoms with Crippen LogP contribution in [0.15, 0.2) is 29.3 Å². The molecule has 0 radical (unpaired) electrons. The van der Waals surface area contributed by atoms with Gasteiger partial charge in [0.25, 0.3) is 0 Å². The van der Waals surface area contributed by atoms with Crippen LogP contribution in [0.3, 0.4) is 0 Å². The average molecular weight is 341 g/mol. The van der Waals surface area contributed by atoms with E-state index in [9.17, 15) is 9.59 Å². The maximum Gasteiger partial charge on any atom is 0.303 e. The van der Waals surface area contributed by atoms with E-state index in [-0.39, 0.29) is 17.6 Å². The third kappa shape index (κ3) is 5.03. The lowest BCUT2D eigenvalue weighted by Crippen LogP contribution is -2.24. The van der Waals surface area contributed by atoms with Gasteiger partial charge >= 0.3 is 5.97 Å². The first kappa shape index (κ1) is 16.8. The van der Waals surface area contributed by atoms with Gasteiger partial charge in [-0.2, -0.15) is 0 Å². The van der Waals surface area contributed by atoms with Gasteiger partial charge < -0.3 is 10.4 Å². The molecule has 1 amide bonds. The Hall–Kier alpha value is -1.53. The van der Waals surface area contributed by atoms with Crippen molar-refractivity contribution in [3.63, 3.8) is 0 Å². The summed E-state index contributed by atoms with van der Waals surface area (Å²) in [5, 5.41) is 12.3. The molecule has 2 N–H and O–H groups in total. The number of carboxylic acid groups (broad SMARTS) is 1. The summed E-state index contributed by atoms with van der Waals surface area (Å²) in [6.45, 7) is 0. The van der Waals surface area contributed by atoms with Gasteiger partial charge in [0.15, 0.2) is 5.17 Å². The van der Waals surface area contributed by atoms with Crippen LogP contribution in [0, 0.1) is 0 Å². The van der Waals surface area contributed by atoms with Crippen LogP contribution in [0.2, 0.25) is 5.02 Å². The van der Waals surface area contributed by atoms with Gasteiger partial charge in [0.1, 0.15) is 0 Å². The van der Waals surface area contributed by atoms with Crippen molar-refractivity contribution in [2.45, 2.75) is 37.4 Å². The largest absolute Gasteiger partial charge is 0.481 e. The van der Waals surface area contributed by atoms with E-state index in [4.69, 9.17) is 16.7 Å². The first-order valence-electron chi connectivity index (χ1n) is 7.09. The lowest BCUT2D eigenvalue weighted by Gasteiger charge is -2.04. The van der Waals surface area contributed by atoms with Gasteiger partial charge in [-0.25, -0.2) is 4.99 Å². The normalized spacial score (nSPS) is 19.4. The zero-order valence-electron chi connectivity index (χ0n) is 11.9. The van der Waals surface area contributed by atoms with E-state index in [1.54, 1.807) is 12.1 Å². The standard InChI is InChI=1S/C15H17ClN2O3S/c16-10-6-4-5-7-11(10)17-15-18-14(21)12(22-15)8-2-1-3-9-13(19)20/h4-7,12H,1-3,8-9H2,(H,19,20)(H,17,18,21). The number of amidine groups is 1. The lowest BCUT2D eigenvalue weighted by molar-refractivity contribution is -0.137. The maximum atomic E-state index is 11.9. The highest BCUT2D eigenvalue weighted by atomic mass is 35.5. The number of para-hydroxylation sites is 1. The summed E-state index contributed by atoms with van der Waals surface area (Å²) in [5.41, 5.74) is 0.633. The highest BCUT2D eigenvalue weighted by Gasteiger charge is 2.29. The number of amides is 1. The number of carboxylic acids is 1. The molecule has 0 aromatic heterocycles. The lowest BCUT2D eigenvalue weighted by atomic mass is 10.1. The average Bonchev–Trinajstić information content (AvgIpc) is 2.81. The molecule has 7 heteroatoms. The minimum absolute atomic E-state index is 0.0472. The van der Waals surface area contributed by atoms with Crippen LogP contribution in [0.1, 0.15) is 32.1 Å². The summed E-state index contributed by atoms with van der Waals surface area (Å²) >= 11 is 7.44. The van der Waals surface area contributed by atoms with Crippen molar-refractivity contribution in [2.75, 3.05) is 0 Å². The zero-order valence-corrected chi connectivity index (χ0v) is 13.5. The number of carbonyl (C=O) groups excluding carboxylic acids is 1. The fourth-order valence-electron chi connectivity index (χ4n) is 2.08. The minimum atomic E-state index is -0.776. The third-order valence-corrected chi connectivity index (χ3v) is 4.68. The Balaban J connectivity index is 1.83. The molecule has 1 saturated heterocycles. The molecule has 0 spiro atoms. The Morgan fingerprint density at radius 2 is 2.09 bits per heavy atom. The molecular formula is C15H17ClN2O3S. The van der Waals surface area contributed by atoms with Crippen LogP contribution in [-0.4, -0.2) is 27.4 Å². The van der Waals surface area contributed by atoms with Crippen LogP contribution in [0.4, 0.5) is 5.69 Å². The van der Waals surface area contributed by atoms with Crippen LogP contribution in [-0.2, 0) is 9.59 Å². The SMILES string of the molecule is O=C(O)CCCCCC1SC(=Nc2ccccc2Cl)NC1=O. The molecule has 5 nitrogen and oxygen atoms in total. The number of carbonyl (C=O) groups is 2. The number of nitrogens with one attached hydrogen (secondary N) is 1. The number of benzene rings is 1. The van der Waals surface area contributed by atoms with Crippen molar-refractivity contribution in [1.82, 2.24) is 5.32 Å². The summed E-state index contributed by atoms with van der Waals surface area (Å²) in [4.78, 5) is 26.7. The third-order valence-electron chi connectivity index (χ3n) is 3.21. The van der Waals surface area contributed by atoms with Crippen LogP contribution < -0.4 is 5.32 Å². The van der Waals surface area contributed by atoms with Gasteiger partial charge in [-0.05, 0) is 25.0 Å². The topological polar surface area (TPSA) is 78.8 Å². The predicted octanol–water partition coefficient (Wildman–Crippen LogP) is 3.59. The van der Waals surface area contributed by atoms with Crippen LogP contribution in [0.5, 0.6) is 0 Å². The van der Waals surface area contributed by atoms with E-state index in [0.29, 0.717) is 22.3 Å². The quantitative estimate of drug-likeness (QED) is 0.743. The number of aliphatic imine (C=N–C) groups is 1. The number of hydrogen-bond donors (Lipinski definition) is 2. The maximum absolute atomic E-state index is 11.9. The molecule has 1 unspecified atom stereocenters. The fraction of sp³-hybridized carbons (Fsp3) is 0.400. The zero-order chi connectivity index (χ0) is 15.9. The summed E-state index contributed by atoms with van der Waals surface area (Å²) < 4.78 is 0. The van der Waals surface area contributed by atoms with Crippen molar-refractivity contribution in [3.8, 4) is 0 Å². The molecule has 1 aliphatic heterocycles.